The highest BCUT2D eigenvalue weighted by molar-refractivity contribution is 6.30. The van der Waals surface area contributed by atoms with Gasteiger partial charge in [-0.25, -0.2) is 9.97 Å². The molecule has 0 bridgehead atoms. The molecule has 1 aromatic heterocycles. The minimum Gasteiger partial charge on any atom is -0.238 e. The quantitative estimate of drug-likeness (QED) is 0.698. The number of aryl methyl sites for hydroxylation is 2. The van der Waals surface area contributed by atoms with Crippen LogP contribution in [0.15, 0.2) is 0 Å². The third-order valence-electron chi connectivity index (χ3n) is 1.99. The Labute approximate surface area is 84.4 Å². The molecule has 0 aliphatic heterocycles. The van der Waals surface area contributed by atoms with Crippen molar-refractivity contribution in [3.8, 4) is 0 Å². The summed E-state index contributed by atoms with van der Waals surface area (Å²) in [7, 11) is 0. The summed E-state index contributed by atoms with van der Waals surface area (Å²) in [4.78, 5) is 8.53. The van der Waals surface area contributed by atoms with Crippen LogP contribution in [0.1, 0.15) is 37.4 Å². The fraction of sp³-hybridized carbons (Fsp3) is 0.600. The van der Waals surface area contributed by atoms with Crippen molar-refractivity contribution in [3.63, 3.8) is 0 Å². The highest BCUT2D eigenvalue weighted by Crippen LogP contribution is 2.18. The highest BCUT2D eigenvalue weighted by Gasteiger charge is 2.08. The van der Waals surface area contributed by atoms with Crippen molar-refractivity contribution in [1.29, 1.82) is 0 Å². The van der Waals surface area contributed by atoms with Crippen molar-refractivity contribution < 1.29 is 0 Å². The largest absolute Gasteiger partial charge is 0.238 e. The van der Waals surface area contributed by atoms with E-state index >= 15 is 0 Å². The van der Waals surface area contributed by atoms with E-state index in [1.807, 2.05) is 6.92 Å². The van der Waals surface area contributed by atoms with Gasteiger partial charge in [-0.1, -0.05) is 31.9 Å². The average molecular weight is 199 g/mol. The second-order valence-corrected chi connectivity index (χ2v) is 3.45. The first-order valence-electron chi connectivity index (χ1n) is 4.70. The van der Waals surface area contributed by atoms with Crippen molar-refractivity contribution in [3.05, 3.63) is 22.2 Å². The fourth-order valence-corrected chi connectivity index (χ4v) is 1.73. The second kappa shape index (κ2) is 4.56. The van der Waals surface area contributed by atoms with Crippen LogP contribution in [-0.2, 0) is 12.8 Å². The standard InChI is InChI=1S/C10H15ClN2/c1-4-6-8-9(5-2)12-7(3)13-10(8)11/h4-6H2,1-3H3. The molecule has 1 heterocycles. The zero-order chi connectivity index (χ0) is 9.84. The molecule has 3 heteroatoms. The molecule has 72 valence electrons. The van der Waals surface area contributed by atoms with Gasteiger partial charge in [0.05, 0.1) is 0 Å². The van der Waals surface area contributed by atoms with E-state index in [0.29, 0.717) is 5.15 Å². The maximum Gasteiger partial charge on any atom is 0.136 e. The Morgan fingerprint density at radius 3 is 2.46 bits per heavy atom. The molecule has 0 saturated heterocycles. The summed E-state index contributed by atoms with van der Waals surface area (Å²) < 4.78 is 0. The van der Waals surface area contributed by atoms with Crippen molar-refractivity contribution >= 4 is 11.6 Å². The first-order valence-corrected chi connectivity index (χ1v) is 5.08. The Morgan fingerprint density at radius 2 is 1.92 bits per heavy atom. The molecule has 1 aromatic rings. The number of halogens is 1. The number of hydrogen-bond donors (Lipinski definition) is 0. The molecule has 0 amide bonds. The van der Waals surface area contributed by atoms with Gasteiger partial charge in [-0.2, -0.15) is 0 Å². The van der Waals surface area contributed by atoms with Crippen LogP contribution in [0.2, 0.25) is 5.15 Å². The summed E-state index contributed by atoms with van der Waals surface area (Å²) >= 11 is 6.04. The molecule has 0 spiro atoms. The van der Waals surface area contributed by atoms with Crippen molar-refractivity contribution in [2.24, 2.45) is 0 Å². The van der Waals surface area contributed by atoms with E-state index in [1.54, 1.807) is 0 Å². The molecule has 0 aliphatic rings. The summed E-state index contributed by atoms with van der Waals surface area (Å²) in [5, 5.41) is 0.631. The topological polar surface area (TPSA) is 25.8 Å². The van der Waals surface area contributed by atoms with E-state index < -0.39 is 0 Å². The van der Waals surface area contributed by atoms with Gasteiger partial charge < -0.3 is 0 Å². The van der Waals surface area contributed by atoms with Gasteiger partial charge in [0.2, 0.25) is 0 Å². The Bertz CT molecular complexity index is 297. The van der Waals surface area contributed by atoms with Crippen LogP contribution in [-0.4, -0.2) is 9.97 Å². The number of rotatable bonds is 3. The molecule has 0 radical (unpaired) electrons. The van der Waals surface area contributed by atoms with Crippen LogP contribution < -0.4 is 0 Å². The molecule has 0 unspecified atom stereocenters. The zero-order valence-corrected chi connectivity index (χ0v) is 9.15. The molecular weight excluding hydrogens is 184 g/mol. The van der Waals surface area contributed by atoms with Crippen LogP contribution in [0.4, 0.5) is 0 Å². The van der Waals surface area contributed by atoms with E-state index in [2.05, 4.69) is 23.8 Å². The fourth-order valence-electron chi connectivity index (χ4n) is 1.41. The molecule has 0 atom stereocenters. The smallest absolute Gasteiger partial charge is 0.136 e. The maximum absolute atomic E-state index is 6.04. The molecule has 0 aromatic carbocycles. The number of hydrogen-bond acceptors (Lipinski definition) is 2. The lowest BCUT2D eigenvalue weighted by molar-refractivity contribution is 0.843. The molecule has 0 saturated carbocycles. The van der Waals surface area contributed by atoms with Crippen LogP contribution in [0.5, 0.6) is 0 Å². The van der Waals surface area contributed by atoms with Gasteiger partial charge in [0.25, 0.3) is 0 Å². The first-order chi connectivity index (χ1) is 6.19. The summed E-state index contributed by atoms with van der Waals surface area (Å²) in [6.45, 7) is 6.10. The van der Waals surface area contributed by atoms with E-state index in [-0.39, 0.29) is 0 Å². The Balaban J connectivity index is 3.13. The minimum atomic E-state index is 0.631. The predicted molar refractivity (Wildman–Crippen MR) is 55.2 cm³/mol. The molecule has 0 fully saturated rings. The summed E-state index contributed by atoms with van der Waals surface area (Å²) in [6, 6.07) is 0. The lowest BCUT2D eigenvalue weighted by Crippen LogP contribution is -2.02. The molecule has 0 aliphatic carbocycles. The average Bonchev–Trinajstić information content (AvgIpc) is 2.09. The summed E-state index contributed by atoms with van der Waals surface area (Å²) in [5.74, 6) is 0.765. The minimum absolute atomic E-state index is 0.631. The molecule has 2 nitrogen and oxygen atoms in total. The van der Waals surface area contributed by atoms with Crippen LogP contribution in [0.3, 0.4) is 0 Å². The van der Waals surface area contributed by atoms with Gasteiger partial charge in [-0.15, -0.1) is 0 Å². The Morgan fingerprint density at radius 1 is 1.23 bits per heavy atom. The summed E-state index contributed by atoms with van der Waals surface area (Å²) in [5.41, 5.74) is 2.22. The first kappa shape index (κ1) is 10.5. The van der Waals surface area contributed by atoms with Crippen LogP contribution >= 0.6 is 11.6 Å². The van der Waals surface area contributed by atoms with Crippen molar-refractivity contribution in [2.75, 3.05) is 0 Å². The molecular formula is C10H15ClN2. The highest BCUT2D eigenvalue weighted by atomic mass is 35.5. The van der Waals surface area contributed by atoms with E-state index in [0.717, 1.165) is 36.3 Å². The molecule has 13 heavy (non-hydrogen) atoms. The van der Waals surface area contributed by atoms with Gasteiger partial charge in [0.1, 0.15) is 11.0 Å². The van der Waals surface area contributed by atoms with Crippen molar-refractivity contribution in [2.45, 2.75) is 40.0 Å². The van der Waals surface area contributed by atoms with Crippen LogP contribution in [0.25, 0.3) is 0 Å². The Kier molecular flexibility index (Phi) is 3.67. The lowest BCUT2D eigenvalue weighted by Gasteiger charge is -2.08. The van der Waals surface area contributed by atoms with E-state index in [9.17, 15) is 0 Å². The van der Waals surface area contributed by atoms with Gasteiger partial charge in [0, 0.05) is 11.3 Å². The third kappa shape index (κ3) is 2.41. The monoisotopic (exact) mass is 198 g/mol. The maximum atomic E-state index is 6.04. The Hall–Kier alpha value is -0.630. The van der Waals surface area contributed by atoms with Gasteiger partial charge in [-0.3, -0.25) is 0 Å². The normalized spacial score (nSPS) is 10.5. The second-order valence-electron chi connectivity index (χ2n) is 3.09. The lowest BCUT2D eigenvalue weighted by atomic mass is 10.1. The molecule has 1 rings (SSSR count). The van der Waals surface area contributed by atoms with Crippen LogP contribution in [0, 0.1) is 6.92 Å². The van der Waals surface area contributed by atoms with Gasteiger partial charge in [0.15, 0.2) is 0 Å². The number of aromatic nitrogens is 2. The summed E-state index contributed by atoms with van der Waals surface area (Å²) in [6.07, 6.45) is 2.99. The van der Waals surface area contributed by atoms with E-state index in [1.165, 1.54) is 0 Å². The van der Waals surface area contributed by atoms with Gasteiger partial charge in [-0.05, 0) is 19.8 Å². The number of nitrogens with zero attached hydrogens (tertiary/aromatic N) is 2. The van der Waals surface area contributed by atoms with Crippen molar-refractivity contribution in [1.82, 2.24) is 9.97 Å². The third-order valence-corrected chi connectivity index (χ3v) is 2.30. The van der Waals surface area contributed by atoms with Gasteiger partial charge >= 0.3 is 0 Å². The SMILES string of the molecule is CCCc1c(Cl)nc(C)nc1CC. The molecule has 0 N–H and O–H groups in total. The zero-order valence-electron chi connectivity index (χ0n) is 8.39. The van der Waals surface area contributed by atoms with E-state index in [4.69, 9.17) is 11.6 Å². The predicted octanol–water partition coefficient (Wildman–Crippen LogP) is 2.95.